The molecule has 1 aromatic heterocycles. The summed E-state index contributed by atoms with van der Waals surface area (Å²) >= 11 is 0. The molecule has 0 aromatic carbocycles. The molecule has 7 heteroatoms. The third-order valence-electron chi connectivity index (χ3n) is 2.84. The van der Waals surface area contributed by atoms with Crippen LogP contribution in [-0.2, 0) is 0 Å². The summed E-state index contributed by atoms with van der Waals surface area (Å²) < 4.78 is 38.2. The predicted molar refractivity (Wildman–Crippen MR) is 74.2 cm³/mol. The number of hydrogen-bond donors (Lipinski definition) is 1. The van der Waals surface area contributed by atoms with E-state index in [2.05, 4.69) is 15.3 Å². The van der Waals surface area contributed by atoms with Gasteiger partial charge in [-0.1, -0.05) is 20.8 Å². The Balaban J connectivity index is 3.25. The monoisotopic (exact) mass is 290 g/mol. The van der Waals surface area contributed by atoms with Crippen LogP contribution in [0.4, 0.5) is 24.8 Å². The molecule has 114 valence electrons. The minimum Gasteiger partial charge on any atom is -0.373 e. The molecule has 1 N–H and O–H groups in total. The van der Waals surface area contributed by atoms with Crippen LogP contribution >= 0.6 is 0 Å². The van der Waals surface area contributed by atoms with Crippen LogP contribution in [0.3, 0.4) is 0 Å². The third kappa shape index (κ3) is 4.25. The summed E-state index contributed by atoms with van der Waals surface area (Å²) in [7, 11) is 1.70. The van der Waals surface area contributed by atoms with Gasteiger partial charge in [0, 0.05) is 19.2 Å². The fourth-order valence-electron chi connectivity index (χ4n) is 2.12. The lowest BCUT2D eigenvalue weighted by Gasteiger charge is -2.28. The number of nitrogens with one attached hydrogen (secondary N) is 1. The summed E-state index contributed by atoms with van der Waals surface area (Å²) in [5.41, 5.74) is 0.715. The van der Waals surface area contributed by atoms with Crippen molar-refractivity contribution < 1.29 is 13.2 Å². The summed E-state index contributed by atoms with van der Waals surface area (Å²) in [6.07, 6.45) is -2.34. The molecular formula is C13H21F3N4. The van der Waals surface area contributed by atoms with Crippen molar-refractivity contribution in [2.24, 2.45) is 0 Å². The molecule has 1 rings (SSSR count). The zero-order chi connectivity index (χ0) is 15.3. The van der Waals surface area contributed by atoms with Crippen molar-refractivity contribution in [2.75, 3.05) is 30.4 Å². The standard InChI is InChI=1S/C13H21F3N4/c1-5-6-20(7-13(14,15)16)12-10(9(2)3)11(17-4)18-8-19-12/h8-9H,5-7H2,1-4H3,(H,17,18,19). The van der Waals surface area contributed by atoms with E-state index in [0.717, 1.165) is 0 Å². The van der Waals surface area contributed by atoms with Gasteiger partial charge in [-0.2, -0.15) is 13.2 Å². The zero-order valence-corrected chi connectivity index (χ0v) is 12.3. The van der Waals surface area contributed by atoms with Crippen LogP contribution in [0.15, 0.2) is 6.33 Å². The van der Waals surface area contributed by atoms with E-state index in [0.29, 0.717) is 30.2 Å². The Hall–Kier alpha value is -1.53. The number of alkyl halides is 3. The molecule has 1 aromatic rings. The van der Waals surface area contributed by atoms with Gasteiger partial charge >= 0.3 is 6.18 Å². The normalized spacial score (nSPS) is 11.8. The van der Waals surface area contributed by atoms with Crippen molar-refractivity contribution in [1.82, 2.24) is 9.97 Å². The fourth-order valence-corrected chi connectivity index (χ4v) is 2.12. The van der Waals surface area contributed by atoms with E-state index in [1.54, 1.807) is 7.05 Å². The van der Waals surface area contributed by atoms with Gasteiger partial charge in [0.2, 0.25) is 0 Å². The average molecular weight is 290 g/mol. The van der Waals surface area contributed by atoms with E-state index in [1.165, 1.54) is 11.2 Å². The third-order valence-corrected chi connectivity index (χ3v) is 2.84. The maximum atomic E-state index is 12.7. The Morgan fingerprint density at radius 1 is 1.30 bits per heavy atom. The molecule has 0 saturated carbocycles. The summed E-state index contributed by atoms with van der Waals surface area (Å²) in [6, 6.07) is 0. The van der Waals surface area contributed by atoms with Crippen molar-refractivity contribution in [3.63, 3.8) is 0 Å². The van der Waals surface area contributed by atoms with Crippen LogP contribution in [0.2, 0.25) is 0 Å². The van der Waals surface area contributed by atoms with Crippen LogP contribution in [0, 0.1) is 0 Å². The van der Waals surface area contributed by atoms with Gasteiger partial charge in [0.05, 0.1) is 0 Å². The molecule has 0 saturated heterocycles. The number of halogens is 3. The highest BCUT2D eigenvalue weighted by atomic mass is 19.4. The largest absolute Gasteiger partial charge is 0.405 e. The fraction of sp³-hybridized carbons (Fsp3) is 0.692. The highest BCUT2D eigenvalue weighted by Gasteiger charge is 2.32. The maximum Gasteiger partial charge on any atom is 0.405 e. The predicted octanol–water partition coefficient (Wildman–Crippen LogP) is 3.42. The van der Waals surface area contributed by atoms with Crippen LogP contribution in [0.1, 0.15) is 38.7 Å². The van der Waals surface area contributed by atoms with Crippen LogP contribution in [0.5, 0.6) is 0 Å². The number of hydrogen-bond acceptors (Lipinski definition) is 4. The molecule has 0 fully saturated rings. The first kappa shape index (κ1) is 16.5. The van der Waals surface area contributed by atoms with Gasteiger partial charge in [-0.05, 0) is 12.3 Å². The van der Waals surface area contributed by atoms with Crippen LogP contribution in [0.25, 0.3) is 0 Å². The van der Waals surface area contributed by atoms with Gasteiger partial charge in [-0.15, -0.1) is 0 Å². The first-order valence-electron chi connectivity index (χ1n) is 6.64. The maximum absolute atomic E-state index is 12.7. The van der Waals surface area contributed by atoms with Crippen molar-refractivity contribution in [3.8, 4) is 0 Å². The lowest BCUT2D eigenvalue weighted by atomic mass is 10.0. The first-order chi connectivity index (χ1) is 9.30. The summed E-state index contributed by atoms with van der Waals surface area (Å²) in [6.45, 7) is 4.99. The van der Waals surface area contributed by atoms with Gasteiger partial charge in [0.25, 0.3) is 0 Å². The van der Waals surface area contributed by atoms with Gasteiger partial charge in [-0.25, -0.2) is 9.97 Å². The van der Waals surface area contributed by atoms with E-state index in [4.69, 9.17) is 0 Å². The summed E-state index contributed by atoms with van der Waals surface area (Å²) in [5.74, 6) is 0.966. The topological polar surface area (TPSA) is 41.1 Å². The molecule has 0 aliphatic rings. The Kier molecular flexibility index (Phi) is 5.59. The molecule has 0 atom stereocenters. The van der Waals surface area contributed by atoms with E-state index in [-0.39, 0.29) is 5.92 Å². The van der Waals surface area contributed by atoms with Crippen LogP contribution in [-0.4, -0.2) is 36.3 Å². The smallest absolute Gasteiger partial charge is 0.373 e. The van der Waals surface area contributed by atoms with E-state index < -0.39 is 12.7 Å². The molecule has 4 nitrogen and oxygen atoms in total. The molecule has 0 aliphatic heterocycles. The zero-order valence-electron chi connectivity index (χ0n) is 12.3. The Morgan fingerprint density at radius 3 is 2.40 bits per heavy atom. The molecule has 1 heterocycles. The van der Waals surface area contributed by atoms with Crippen molar-refractivity contribution >= 4 is 11.6 Å². The second-order valence-corrected chi connectivity index (χ2v) is 4.90. The van der Waals surface area contributed by atoms with Gasteiger partial charge < -0.3 is 10.2 Å². The second-order valence-electron chi connectivity index (χ2n) is 4.90. The number of aromatic nitrogens is 2. The lowest BCUT2D eigenvalue weighted by molar-refractivity contribution is -0.119. The quantitative estimate of drug-likeness (QED) is 0.871. The first-order valence-corrected chi connectivity index (χ1v) is 6.64. The molecule has 0 amide bonds. The highest BCUT2D eigenvalue weighted by Crippen LogP contribution is 2.32. The van der Waals surface area contributed by atoms with E-state index in [9.17, 15) is 13.2 Å². The molecular weight excluding hydrogens is 269 g/mol. The number of rotatable bonds is 6. The second kappa shape index (κ2) is 6.76. The Morgan fingerprint density at radius 2 is 1.95 bits per heavy atom. The molecule has 0 radical (unpaired) electrons. The minimum atomic E-state index is -4.26. The lowest BCUT2D eigenvalue weighted by Crippen LogP contribution is -2.36. The highest BCUT2D eigenvalue weighted by molar-refractivity contribution is 5.60. The van der Waals surface area contributed by atoms with E-state index >= 15 is 0 Å². The van der Waals surface area contributed by atoms with Crippen LogP contribution < -0.4 is 10.2 Å². The molecule has 0 spiro atoms. The van der Waals surface area contributed by atoms with Crippen molar-refractivity contribution in [1.29, 1.82) is 0 Å². The molecule has 0 unspecified atom stereocenters. The Bertz CT molecular complexity index is 432. The SMILES string of the molecule is CCCN(CC(F)(F)F)c1ncnc(NC)c1C(C)C. The van der Waals surface area contributed by atoms with Gasteiger partial charge in [-0.3, -0.25) is 0 Å². The molecule has 0 aliphatic carbocycles. The van der Waals surface area contributed by atoms with E-state index in [1.807, 2.05) is 20.8 Å². The summed E-state index contributed by atoms with van der Waals surface area (Å²) in [4.78, 5) is 9.45. The number of anilines is 2. The summed E-state index contributed by atoms with van der Waals surface area (Å²) in [5, 5.41) is 2.92. The van der Waals surface area contributed by atoms with Crippen molar-refractivity contribution in [3.05, 3.63) is 11.9 Å². The minimum absolute atomic E-state index is 0.0289. The molecule has 20 heavy (non-hydrogen) atoms. The molecule has 0 bridgehead atoms. The van der Waals surface area contributed by atoms with Crippen molar-refractivity contribution in [2.45, 2.75) is 39.3 Å². The van der Waals surface area contributed by atoms with Gasteiger partial charge in [0.15, 0.2) is 0 Å². The Labute approximate surface area is 117 Å². The van der Waals surface area contributed by atoms with Gasteiger partial charge in [0.1, 0.15) is 24.5 Å². The number of nitrogens with zero attached hydrogens (tertiary/aromatic N) is 3. The average Bonchev–Trinajstić information content (AvgIpc) is 2.35.